The van der Waals surface area contributed by atoms with Crippen LogP contribution in [0.15, 0.2) is 51.7 Å². The van der Waals surface area contributed by atoms with Crippen LogP contribution in [0.4, 0.5) is 0 Å². The molecule has 2 aliphatic heterocycles. The summed E-state index contributed by atoms with van der Waals surface area (Å²) in [5.41, 5.74) is 1.29. The second-order valence-corrected chi connectivity index (χ2v) is 7.82. The van der Waals surface area contributed by atoms with Crippen molar-refractivity contribution in [3.8, 4) is 0 Å². The van der Waals surface area contributed by atoms with Gasteiger partial charge in [-0.15, -0.1) is 23.1 Å². The molecule has 4 rings (SSSR count). The molecule has 0 saturated heterocycles. The first-order chi connectivity index (χ1) is 10.3. The van der Waals surface area contributed by atoms with Crippen molar-refractivity contribution in [3.05, 3.63) is 46.7 Å². The minimum atomic E-state index is 0.901. The Morgan fingerprint density at radius 3 is 3.10 bits per heavy atom. The molecule has 0 bridgehead atoms. The van der Waals surface area contributed by atoms with E-state index in [0.717, 1.165) is 18.3 Å². The number of amidine groups is 1. The van der Waals surface area contributed by atoms with Gasteiger partial charge in [0.25, 0.3) is 0 Å². The van der Waals surface area contributed by atoms with Gasteiger partial charge in [0, 0.05) is 21.0 Å². The number of rotatable bonds is 3. The molecule has 3 heterocycles. The lowest BCUT2D eigenvalue weighted by molar-refractivity contribution is 0.650. The number of allylic oxidation sites excluding steroid dienone is 1. The Bertz CT molecular complexity index is 801. The lowest BCUT2D eigenvalue weighted by Crippen LogP contribution is -2.19. The van der Waals surface area contributed by atoms with E-state index in [-0.39, 0.29) is 0 Å². The standard InChI is InChI=1S/C16H14N2S3/c1-3-12-15(18-7-6-17-16(18)21-12)14-8-10-4-5-11(19-2)9-13(10)20-14/h3-5,8-9H,1,6-7H2,2H3. The second kappa shape index (κ2) is 5.23. The number of aliphatic imine (C=N–C) groups is 1. The van der Waals surface area contributed by atoms with Crippen molar-refractivity contribution < 1.29 is 0 Å². The van der Waals surface area contributed by atoms with Crippen LogP contribution < -0.4 is 0 Å². The van der Waals surface area contributed by atoms with E-state index in [1.807, 2.05) is 17.4 Å². The van der Waals surface area contributed by atoms with Gasteiger partial charge in [-0.2, -0.15) is 0 Å². The molecule has 0 atom stereocenters. The van der Waals surface area contributed by atoms with E-state index in [9.17, 15) is 0 Å². The van der Waals surface area contributed by atoms with Crippen LogP contribution in [0.2, 0.25) is 0 Å². The smallest absolute Gasteiger partial charge is 0.168 e. The van der Waals surface area contributed by atoms with Crippen molar-refractivity contribution in [2.75, 3.05) is 19.3 Å². The fourth-order valence-electron chi connectivity index (χ4n) is 2.65. The summed E-state index contributed by atoms with van der Waals surface area (Å²) in [6.07, 6.45) is 4.08. The molecule has 21 heavy (non-hydrogen) atoms. The van der Waals surface area contributed by atoms with E-state index in [1.165, 1.54) is 30.5 Å². The first-order valence-corrected chi connectivity index (χ1v) is 9.60. The van der Waals surface area contributed by atoms with Gasteiger partial charge in [0.05, 0.1) is 17.1 Å². The summed E-state index contributed by atoms with van der Waals surface area (Å²) in [7, 11) is 0. The fraction of sp³-hybridized carbons (Fsp3) is 0.188. The average Bonchev–Trinajstić information content (AvgIpc) is 3.18. The van der Waals surface area contributed by atoms with Crippen LogP contribution in [0.3, 0.4) is 0 Å². The number of hydrogen-bond acceptors (Lipinski definition) is 5. The van der Waals surface area contributed by atoms with Gasteiger partial charge < -0.3 is 4.90 Å². The number of nitrogens with zero attached hydrogens (tertiary/aromatic N) is 2. The zero-order valence-electron chi connectivity index (χ0n) is 11.6. The zero-order valence-corrected chi connectivity index (χ0v) is 14.1. The third kappa shape index (κ3) is 2.15. The van der Waals surface area contributed by atoms with E-state index >= 15 is 0 Å². The highest BCUT2D eigenvalue weighted by atomic mass is 32.2. The van der Waals surface area contributed by atoms with Crippen LogP contribution >= 0.6 is 34.9 Å². The molecule has 0 spiro atoms. The van der Waals surface area contributed by atoms with Crippen LogP contribution in [0.5, 0.6) is 0 Å². The van der Waals surface area contributed by atoms with Crippen molar-refractivity contribution in [2.45, 2.75) is 4.90 Å². The van der Waals surface area contributed by atoms with Gasteiger partial charge in [-0.25, -0.2) is 0 Å². The molecular weight excluding hydrogens is 316 g/mol. The van der Waals surface area contributed by atoms with E-state index < -0.39 is 0 Å². The minimum absolute atomic E-state index is 0.901. The monoisotopic (exact) mass is 330 g/mol. The zero-order chi connectivity index (χ0) is 14.4. The summed E-state index contributed by atoms with van der Waals surface area (Å²) >= 11 is 5.40. The van der Waals surface area contributed by atoms with Gasteiger partial charge >= 0.3 is 0 Å². The second-order valence-electron chi connectivity index (χ2n) is 4.85. The molecule has 2 aromatic rings. The number of thiophene rings is 1. The summed E-state index contributed by atoms with van der Waals surface area (Å²) in [5.74, 6) is 0. The lowest BCUT2D eigenvalue weighted by Gasteiger charge is -2.15. The van der Waals surface area contributed by atoms with E-state index in [4.69, 9.17) is 0 Å². The molecule has 0 N–H and O–H groups in total. The van der Waals surface area contributed by atoms with E-state index in [2.05, 4.69) is 47.0 Å². The minimum Gasteiger partial charge on any atom is -0.317 e. The van der Waals surface area contributed by atoms with Gasteiger partial charge in [0.2, 0.25) is 0 Å². The fourth-order valence-corrected chi connectivity index (χ4v) is 5.44. The van der Waals surface area contributed by atoms with E-state index in [0.29, 0.717) is 0 Å². The molecule has 0 unspecified atom stereocenters. The number of thioether (sulfide) groups is 2. The average molecular weight is 331 g/mol. The molecule has 106 valence electrons. The molecule has 2 nitrogen and oxygen atoms in total. The number of benzene rings is 1. The van der Waals surface area contributed by atoms with Gasteiger partial charge in [-0.1, -0.05) is 18.7 Å². The van der Waals surface area contributed by atoms with Crippen LogP contribution in [-0.2, 0) is 0 Å². The predicted molar refractivity (Wildman–Crippen MR) is 97.3 cm³/mol. The lowest BCUT2D eigenvalue weighted by atomic mass is 10.2. The Kier molecular flexibility index (Phi) is 3.36. The molecule has 2 aliphatic rings. The quantitative estimate of drug-likeness (QED) is 0.745. The molecule has 1 aromatic carbocycles. The first kappa shape index (κ1) is 13.5. The molecule has 0 fully saturated rings. The molecule has 1 aromatic heterocycles. The SMILES string of the molecule is C=CC1=C(c2cc3ccc(SC)cc3s2)N2CCN=C2S1. The highest BCUT2D eigenvalue weighted by Gasteiger charge is 2.32. The predicted octanol–water partition coefficient (Wildman–Crippen LogP) is 4.90. The van der Waals surface area contributed by atoms with Crippen molar-refractivity contribution >= 4 is 55.8 Å². The molecule has 0 amide bonds. The Morgan fingerprint density at radius 2 is 2.29 bits per heavy atom. The van der Waals surface area contributed by atoms with Crippen molar-refractivity contribution in [1.82, 2.24) is 4.90 Å². The van der Waals surface area contributed by atoms with Gasteiger partial charge in [0.1, 0.15) is 0 Å². The maximum Gasteiger partial charge on any atom is 0.168 e. The highest BCUT2D eigenvalue weighted by molar-refractivity contribution is 8.17. The summed E-state index contributed by atoms with van der Waals surface area (Å²) in [4.78, 5) is 10.8. The Morgan fingerprint density at radius 1 is 1.38 bits per heavy atom. The third-order valence-electron chi connectivity index (χ3n) is 3.65. The third-order valence-corrected chi connectivity index (χ3v) is 6.59. The highest BCUT2D eigenvalue weighted by Crippen LogP contribution is 2.45. The van der Waals surface area contributed by atoms with Crippen LogP contribution in [0.25, 0.3) is 15.8 Å². The Balaban J connectivity index is 1.85. The first-order valence-electron chi connectivity index (χ1n) is 6.74. The maximum atomic E-state index is 4.57. The summed E-state index contributed by atoms with van der Waals surface area (Å²) in [6, 6.07) is 8.99. The van der Waals surface area contributed by atoms with Gasteiger partial charge in [-0.05, 0) is 41.6 Å². The van der Waals surface area contributed by atoms with Crippen LogP contribution in [-0.4, -0.2) is 29.4 Å². The molecule has 0 radical (unpaired) electrons. The molecule has 5 heteroatoms. The Hall–Kier alpha value is -1.17. The van der Waals surface area contributed by atoms with Gasteiger partial charge in [0.15, 0.2) is 5.17 Å². The Labute approximate surface area is 136 Å². The molecular formula is C16H14N2S3. The normalized spacial score (nSPS) is 17.6. The maximum absolute atomic E-state index is 4.57. The number of fused-ring (bicyclic) bond motifs is 2. The van der Waals surface area contributed by atoms with Crippen molar-refractivity contribution in [3.63, 3.8) is 0 Å². The largest absolute Gasteiger partial charge is 0.317 e. The molecule has 0 aliphatic carbocycles. The van der Waals surface area contributed by atoms with Gasteiger partial charge in [-0.3, -0.25) is 4.99 Å². The molecule has 0 saturated carbocycles. The van der Waals surface area contributed by atoms with Crippen LogP contribution in [0.1, 0.15) is 4.88 Å². The van der Waals surface area contributed by atoms with Crippen molar-refractivity contribution in [2.24, 2.45) is 4.99 Å². The summed E-state index contributed by atoms with van der Waals surface area (Å²) in [5, 5.41) is 2.44. The van der Waals surface area contributed by atoms with E-state index in [1.54, 1.807) is 23.5 Å². The summed E-state index contributed by atoms with van der Waals surface area (Å²) in [6.45, 7) is 5.85. The van der Waals surface area contributed by atoms with Crippen LogP contribution in [0, 0.1) is 0 Å². The van der Waals surface area contributed by atoms with Crippen molar-refractivity contribution in [1.29, 1.82) is 0 Å². The topological polar surface area (TPSA) is 15.6 Å². The number of hydrogen-bond donors (Lipinski definition) is 0. The summed E-state index contributed by atoms with van der Waals surface area (Å²) < 4.78 is 1.35.